The van der Waals surface area contributed by atoms with Gasteiger partial charge in [-0.2, -0.15) is 0 Å². The van der Waals surface area contributed by atoms with Crippen LogP contribution in [0.15, 0.2) is 24.3 Å². The first-order chi connectivity index (χ1) is 11.6. The Hall–Kier alpha value is -2.04. The molecule has 3 N–H and O–H groups in total. The van der Waals surface area contributed by atoms with E-state index in [0.29, 0.717) is 12.5 Å². The molecular formula is C19H27N3O2. The van der Waals surface area contributed by atoms with Crippen molar-refractivity contribution in [2.75, 3.05) is 16.8 Å². The summed E-state index contributed by atoms with van der Waals surface area (Å²) in [5.41, 5.74) is 7.10. The summed E-state index contributed by atoms with van der Waals surface area (Å²) in [4.78, 5) is 25.8. The summed E-state index contributed by atoms with van der Waals surface area (Å²) in [6.45, 7) is 0.662. The van der Waals surface area contributed by atoms with Crippen LogP contribution in [0.25, 0.3) is 0 Å². The zero-order valence-corrected chi connectivity index (χ0v) is 14.2. The van der Waals surface area contributed by atoms with Crippen LogP contribution < -0.4 is 16.0 Å². The number of rotatable bonds is 5. The molecule has 0 unspecified atom stereocenters. The molecule has 2 saturated carbocycles. The topological polar surface area (TPSA) is 75.4 Å². The maximum Gasteiger partial charge on any atom is 0.319 e. The molecule has 5 heteroatoms. The molecule has 130 valence electrons. The van der Waals surface area contributed by atoms with Crippen molar-refractivity contribution >= 4 is 23.3 Å². The average Bonchev–Trinajstić information content (AvgIpc) is 3.26. The molecule has 0 radical (unpaired) electrons. The van der Waals surface area contributed by atoms with Gasteiger partial charge < -0.3 is 11.1 Å². The first-order valence-corrected chi connectivity index (χ1v) is 9.11. The molecule has 3 amide bonds. The summed E-state index contributed by atoms with van der Waals surface area (Å²) in [5.74, 6) is 0.736. The Balaban J connectivity index is 1.69. The van der Waals surface area contributed by atoms with Crippen molar-refractivity contribution in [3.05, 3.63) is 24.3 Å². The second-order valence-corrected chi connectivity index (χ2v) is 7.12. The van der Waals surface area contributed by atoms with Crippen LogP contribution in [0.4, 0.5) is 16.2 Å². The molecule has 0 aliphatic heterocycles. The van der Waals surface area contributed by atoms with Crippen LogP contribution >= 0.6 is 0 Å². The number of anilines is 2. The third kappa shape index (κ3) is 4.08. The molecule has 24 heavy (non-hydrogen) atoms. The first-order valence-electron chi connectivity index (χ1n) is 9.11. The number of nitrogens with zero attached hydrogens (tertiary/aromatic N) is 1. The number of amides is 3. The van der Waals surface area contributed by atoms with Crippen LogP contribution in [0.3, 0.4) is 0 Å². The van der Waals surface area contributed by atoms with Crippen molar-refractivity contribution in [1.82, 2.24) is 0 Å². The largest absolute Gasteiger partial charge is 0.351 e. The van der Waals surface area contributed by atoms with Gasteiger partial charge in [0, 0.05) is 23.8 Å². The second kappa shape index (κ2) is 7.69. The van der Waals surface area contributed by atoms with E-state index in [-0.39, 0.29) is 11.8 Å². The van der Waals surface area contributed by atoms with Gasteiger partial charge in [-0.05, 0) is 49.8 Å². The lowest BCUT2D eigenvalue weighted by atomic mass is 10.1. The number of carbonyl (C=O) groups excluding carboxylic acids is 2. The van der Waals surface area contributed by atoms with E-state index in [1.54, 1.807) is 4.90 Å². The summed E-state index contributed by atoms with van der Waals surface area (Å²) in [7, 11) is 0. The van der Waals surface area contributed by atoms with Crippen molar-refractivity contribution < 1.29 is 9.59 Å². The summed E-state index contributed by atoms with van der Waals surface area (Å²) in [6, 6.07) is 7.04. The standard InChI is InChI=1S/C19H27N3O2/c20-19(24)22(13-14-6-1-2-7-14)17-11-5-10-16(12-17)21-18(23)15-8-3-4-9-15/h5,10-12,14-15H,1-4,6-9,13H2,(H2,20,24)(H,21,23). The Morgan fingerprint density at radius 2 is 1.75 bits per heavy atom. The summed E-state index contributed by atoms with van der Waals surface area (Å²) >= 11 is 0. The van der Waals surface area contributed by atoms with Gasteiger partial charge >= 0.3 is 6.03 Å². The van der Waals surface area contributed by atoms with Gasteiger partial charge in [-0.3, -0.25) is 9.69 Å². The van der Waals surface area contributed by atoms with Gasteiger partial charge in [-0.25, -0.2) is 4.79 Å². The number of nitrogens with one attached hydrogen (secondary N) is 1. The van der Waals surface area contributed by atoms with Crippen LogP contribution in [0.5, 0.6) is 0 Å². The quantitative estimate of drug-likeness (QED) is 0.860. The molecule has 1 aromatic rings. The number of hydrogen-bond acceptors (Lipinski definition) is 2. The lowest BCUT2D eigenvalue weighted by molar-refractivity contribution is -0.119. The van der Waals surface area contributed by atoms with Crippen molar-refractivity contribution in [1.29, 1.82) is 0 Å². The third-order valence-electron chi connectivity index (χ3n) is 5.33. The minimum atomic E-state index is -0.429. The van der Waals surface area contributed by atoms with Gasteiger partial charge in [0.1, 0.15) is 0 Å². The fraction of sp³-hybridized carbons (Fsp3) is 0.579. The number of urea groups is 1. The van der Waals surface area contributed by atoms with Crippen LogP contribution in [0, 0.1) is 11.8 Å². The van der Waals surface area contributed by atoms with Crippen molar-refractivity contribution in [3.63, 3.8) is 0 Å². The molecular weight excluding hydrogens is 302 g/mol. The Kier molecular flexibility index (Phi) is 5.38. The van der Waals surface area contributed by atoms with E-state index in [1.807, 2.05) is 24.3 Å². The van der Waals surface area contributed by atoms with Crippen molar-refractivity contribution in [2.45, 2.75) is 51.4 Å². The van der Waals surface area contributed by atoms with Gasteiger partial charge in [-0.1, -0.05) is 31.7 Å². The van der Waals surface area contributed by atoms with Crippen LogP contribution in [-0.4, -0.2) is 18.5 Å². The van der Waals surface area contributed by atoms with Gasteiger partial charge in [0.2, 0.25) is 5.91 Å². The minimum Gasteiger partial charge on any atom is -0.351 e. The van der Waals surface area contributed by atoms with Gasteiger partial charge in [0.15, 0.2) is 0 Å². The van der Waals surface area contributed by atoms with E-state index in [9.17, 15) is 9.59 Å². The molecule has 0 heterocycles. The Bertz CT molecular complexity index is 590. The maximum atomic E-state index is 12.3. The average molecular weight is 329 g/mol. The molecule has 2 aliphatic rings. The van der Waals surface area contributed by atoms with E-state index in [4.69, 9.17) is 5.73 Å². The minimum absolute atomic E-state index is 0.0890. The Morgan fingerprint density at radius 3 is 2.42 bits per heavy atom. The SMILES string of the molecule is NC(=O)N(CC1CCCC1)c1cccc(NC(=O)C2CCCC2)c1. The summed E-state index contributed by atoms with van der Waals surface area (Å²) < 4.78 is 0. The first kappa shape index (κ1) is 16.8. The van der Waals surface area contributed by atoms with Crippen LogP contribution in [-0.2, 0) is 4.79 Å². The predicted octanol–water partition coefficient (Wildman–Crippen LogP) is 3.89. The molecule has 0 aromatic heterocycles. The molecule has 3 rings (SSSR count). The van der Waals surface area contributed by atoms with E-state index in [1.165, 1.54) is 12.8 Å². The lowest BCUT2D eigenvalue weighted by Gasteiger charge is -2.24. The third-order valence-corrected chi connectivity index (χ3v) is 5.33. The molecule has 0 saturated heterocycles. The van der Waals surface area contributed by atoms with E-state index >= 15 is 0 Å². The number of carbonyl (C=O) groups is 2. The highest BCUT2D eigenvalue weighted by molar-refractivity contribution is 5.95. The van der Waals surface area contributed by atoms with Gasteiger partial charge in [0.25, 0.3) is 0 Å². The Morgan fingerprint density at radius 1 is 1.08 bits per heavy atom. The monoisotopic (exact) mass is 329 g/mol. The second-order valence-electron chi connectivity index (χ2n) is 7.12. The van der Waals surface area contributed by atoms with Gasteiger partial charge in [0.05, 0.1) is 0 Å². The smallest absolute Gasteiger partial charge is 0.319 e. The highest BCUT2D eigenvalue weighted by atomic mass is 16.2. The number of nitrogens with two attached hydrogens (primary N) is 1. The van der Waals surface area contributed by atoms with E-state index < -0.39 is 6.03 Å². The number of primary amides is 1. The molecule has 0 bridgehead atoms. The zero-order chi connectivity index (χ0) is 16.9. The number of benzene rings is 1. The zero-order valence-electron chi connectivity index (χ0n) is 14.2. The van der Waals surface area contributed by atoms with E-state index in [0.717, 1.165) is 49.9 Å². The fourth-order valence-electron chi connectivity index (χ4n) is 3.96. The molecule has 0 atom stereocenters. The summed E-state index contributed by atoms with van der Waals surface area (Å²) in [5, 5.41) is 2.99. The molecule has 5 nitrogen and oxygen atoms in total. The van der Waals surface area contributed by atoms with Crippen molar-refractivity contribution in [2.24, 2.45) is 17.6 Å². The lowest BCUT2D eigenvalue weighted by Crippen LogP contribution is -2.39. The molecule has 2 fully saturated rings. The number of hydrogen-bond donors (Lipinski definition) is 2. The van der Waals surface area contributed by atoms with Gasteiger partial charge in [-0.15, -0.1) is 0 Å². The molecule has 1 aromatic carbocycles. The highest BCUT2D eigenvalue weighted by Gasteiger charge is 2.24. The van der Waals surface area contributed by atoms with Crippen LogP contribution in [0.1, 0.15) is 51.4 Å². The molecule has 2 aliphatic carbocycles. The maximum absolute atomic E-state index is 12.3. The van der Waals surface area contributed by atoms with Crippen LogP contribution in [0.2, 0.25) is 0 Å². The molecule has 0 spiro atoms. The normalized spacial score (nSPS) is 18.7. The van der Waals surface area contributed by atoms with E-state index in [2.05, 4.69) is 5.32 Å². The summed E-state index contributed by atoms with van der Waals surface area (Å²) in [6.07, 6.45) is 8.98. The predicted molar refractivity (Wildman–Crippen MR) is 95.9 cm³/mol. The Labute approximate surface area is 143 Å². The highest BCUT2D eigenvalue weighted by Crippen LogP contribution is 2.29. The van der Waals surface area contributed by atoms with Crippen molar-refractivity contribution in [3.8, 4) is 0 Å². The fourth-order valence-corrected chi connectivity index (χ4v) is 3.96.